The maximum atomic E-state index is 10.8. The van der Waals surface area contributed by atoms with Crippen LogP contribution in [-0.2, 0) is 4.79 Å². The minimum Gasteiger partial charge on any atom is -0.361 e. The molecule has 0 aromatic carbocycles. The highest BCUT2D eigenvalue weighted by atomic mass is 16.5. The number of nitrogens with zero attached hydrogens (tertiary/aromatic N) is 1. The van der Waals surface area contributed by atoms with Crippen molar-refractivity contribution in [2.75, 3.05) is 0 Å². The van der Waals surface area contributed by atoms with Gasteiger partial charge in [-0.1, -0.05) is 19.0 Å². The molecule has 0 aliphatic carbocycles. The van der Waals surface area contributed by atoms with E-state index < -0.39 is 0 Å². The molecule has 1 aromatic heterocycles. The van der Waals surface area contributed by atoms with Crippen LogP contribution in [0.15, 0.2) is 10.6 Å². The van der Waals surface area contributed by atoms with Gasteiger partial charge in [0.25, 0.3) is 0 Å². The molecule has 0 amide bonds. The number of aryl methyl sites for hydroxylation is 1. The molecule has 3 heteroatoms. The zero-order valence-corrected chi connectivity index (χ0v) is 8.28. The standard InChI is InChI=1S/C10H15NO2/c1-7(2)4-9(6-12)10-5-8(3)13-11-10/h5-7,9H,4H2,1-3H3. The van der Waals surface area contributed by atoms with Gasteiger partial charge in [0.05, 0.1) is 11.6 Å². The van der Waals surface area contributed by atoms with Gasteiger partial charge < -0.3 is 9.32 Å². The van der Waals surface area contributed by atoms with E-state index in [1.54, 1.807) is 0 Å². The van der Waals surface area contributed by atoms with Crippen molar-refractivity contribution in [3.8, 4) is 0 Å². The number of aldehydes is 1. The Kier molecular flexibility index (Phi) is 3.23. The van der Waals surface area contributed by atoms with Crippen molar-refractivity contribution in [2.24, 2.45) is 5.92 Å². The Bertz CT molecular complexity index is 278. The summed E-state index contributed by atoms with van der Waals surface area (Å²) in [7, 11) is 0. The molecule has 0 aliphatic rings. The van der Waals surface area contributed by atoms with Crippen LogP contribution in [0.5, 0.6) is 0 Å². The number of carbonyl (C=O) groups excluding carboxylic acids is 1. The third-order valence-corrected chi connectivity index (χ3v) is 1.92. The predicted molar refractivity (Wildman–Crippen MR) is 49.5 cm³/mol. The van der Waals surface area contributed by atoms with Crippen LogP contribution in [0.4, 0.5) is 0 Å². The van der Waals surface area contributed by atoms with Crippen LogP contribution < -0.4 is 0 Å². The monoisotopic (exact) mass is 181 g/mol. The zero-order chi connectivity index (χ0) is 9.84. The molecular formula is C10H15NO2. The summed E-state index contributed by atoms with van der Waals surface area (Å²) in [6.07, 6.45) is 1.77. The maximum Gasteiger partial charge on any atom is 0.133 e. The lowest BCUT2D eigenvalue weighted by atomic mass is 9.95. The maximum absolute atomic E-state index is 10.8. The molecule has 0 fully saturated rings. The normalized spacial score (nSPS) is 13.2. The quantitative estimate of drug-likeness (QED) is 0.669. The molecule has 0 aliphatic heterocycles. The van der Waals surface area contributed by atoms with Crippen molar-refractivity contribution in [2.45, 2.75) is 33.1 Å². The molecule has 3 nitrogen and oxygen atoms in total. The molecule has 0 saturated heterocycles. The van der Waals surface area contributed by atoms with Crippen LogP contribution >= 0.6 is 0 Å². The fraction of sp³-hybridized carbons (Fsp3) is 0.600. The second-order valence-corrected chi connectivity index (χ2v) is 3.73. The van der Waals surface area contributed by atoms with E-state index in [9.17, 15) is 4.79 Å². The molecule has 1 aromatic rings. The Hall–Kier alpha value is -1.12. The van der Waals surface area contributed by atoms with Gasteiger partial charge in [0.2, 0.25) is 0 Å². The second-order valence-electron chi connectivity index (χ2n) is 3.73. The highest BCUT2D eigenvalue weighted by Crippen LogP contribution is 2.21. The topological polar surface area (TPSA) is 43.1 Å². The highest BCUT2D eigenvalue weighted by Gasteiger charge is 2.15. The van der Waals surface area contributed by atoms with Crippen molar-refractivity contribution >= 4 is 6.29 Å². The van der Waals surface area contributed by atoms with Gasteiger partial charge in [0, 0.05) is 6.07 Å². The van der Waals surface area contributed by atoms with E-state index in [-0.39, 0.29) is 5.92 Å². The third-order valence-electron chi connectivity index (χ3n) is 1.92. The first-order valence-corrected chi connectivity index (χ1v) is 4.52. The molecule has 1 unspecified atom stereocenters. The predicted octanol–water partition coefficient (Wildman–Crippen LogP) is 2.31. The largest absolute Gasteiger partial charge is 0.361 e. The molecular weight excluding hydrogens is 166 g/mol. The summed E-state index contributed by atoms with van der Waals surface area (Å²) in [5.41, 5.74) is 0.751. The van der Waals surface area contributed by atoms with E-state index in [2.05, 4.69) is 19.0 Å². The Morgan fingerprint density at radius 2 is 2.31 bits per heavy atom. The number of carbonyl (C=O) groups is 1. The van der Waals surface area contributed by atoms with Crippen LogP contribution in [0.25, 0.3) is 0 Å². The second kappa shape index (κ2) is 4.21. The van der Waals surface area contributed by atoms with Gasteiger partial charge in [0.15, 0.2) is 0 Å². The molecule has 13 heavy (non-hydrogen) atoms. The molecule has 0 N–H and O–H groups in total. The Morgan fingerprint density at radius 3 is 2.69 bits per heavy atom. The summed E-state index contributed by atoms with van der Waals surface area (Å²) in [5, 5.41) is 3.83. The minimum absolute atomic E-state index is 0.113. The minimum atomic E-state index is -0.113. The van der Waals surface area contributed by atoms with Gasteiger partial charge in [-0.05, 0) is 19.3 Å². The van der Waals surface area contributed by atoms with E-state index >= 15 is 0 Å². The lowest BCUT2D eigenvalue weighted by molar-refractivity contribution is -0.109. The smallest absolute Gasteiger partial charge is 0.133 e. The van der Waals surface area contributed by atoms with Crippen molar-refractivity contribution in [3.63, 3.8) is 0 Å². The summed E-state index contributed by atoms with van der Waals surface area (Å²) >= 11 is 0. The van der Waals surface area contributed by atoms with Gasteiger partial charge in [0.1, 0.15) is 12.0 Å². The highest BCUT2D eigenvalue weighted by molar-refractivity contribution is 5.60. The molecule has 72 valence electrons. The first-order valence-electron chi connectivity index (χ1n) is 4.52. The van der Waals surface area contributed by atoms with E-state index in [1.165, 1.54) is 0 Å². The van der Waals surface area contributed by atoms with E-state index in [4.69, 9.17) is 4.52 Å². The van der Waals surface area contributed by atoms with Gasteiger partial charge in [-0.3, -0.25) is 0 Å². The zero-order valence-electron chi connectivity index (χ0n) is 8.28. The van der Waals surface area contributed by atoms with Crippen molar-refractivity contribution in [1.82, 2.24) is 5.16 Å². The number of hydrogen-bond donors (Lipinski definition) is 0. The van der Waals surface area contributed by atoms with Gasteiger partial charge >= 0.3 is 0 Å². The van der Waals surface area contributed by atoms with Crippen LogP contribution in [0, 0.1) is 12.8 Å². The first kappa shape index (κ1) is 9.96. The lowest BCUT2D eigenvalue weighted by Crippen LogP contribution is -2.04. The fourth-order valence-electron chi connectivity index (χ4n) is 1.31. The average Bonchev–Trinajstić information content (AvgIpc) is 2.47. The summed E-state index contributed by atoms with van der Waals surface area (Å²) in [6, 6.07) is 1.82. The van der Waals surface area contributed by atoms with Gasteiger partial charge in [-0.25, -0.2) is 0 Å². The average molecular weight is 181 g/mol. The molecule has 1 heterocycles. The lowest BCUT2D eigenvalue weighted by Gasteiger charge is -2.08. The van der Waals surface area contributed by atoms with Crippen molar-refractivity contribution in [3.05, 3.63) is 17.5 Å². The third kappa shape index (κ3) is 2.68. The number of rotatable bonds is 4. The number of aromatic nitrogens is 1. The molecule has 1 rings (SSSR count). The number of hydrogen-bond acceptors (Lipinski definition) is 3. The van der Waals surface area contributed by atoms with E-state index in [0.717, 1.165) is 24.2 Å². The Morgan fingerprint density at radius 1 is 1.62 bits per heavy atom. The van der Waals surface area contributed by atoms with Crippen LogP contribution in [0.2, 0.25) is 0 Å². The SMILES string of the molecule is Cc1cc(C(C=O)CC(C)C)no1. The summed E-state index contributed by atoms with van der Waals surface area (Å²) in [4.78, 5) is 10.8. The van der Waals surface area contributed by atoms with Crippen LogP contribution in [0.3, 0.4) is 0 Å². The first-order chi connectivity index (χ1) is 6.13. The van der Waals surface area contributed by atoms with Crippen molar-refractivity contribution in [1.29, 1.82) is 0 Å². The Labute approximate surface area is 78.1 Å². The van der Waals surface area contributed by atoms with Crippen LogP contribution in [0.1, 0.15) is 37.6 Å². The summed E-state index contributed by atoms with van der Waals surface area (Å²) in [6.45, 7) is 6.00. The van der Waals surface area contributed by atoms with Gasteiger partial charge in [-0.2, -0.15) is 0 Å². The molecule has 0 saturated carbocycles. The summed E-state index contributed by atoms with van der Waals surface area (Å²) < 4.78 is 4.92. The van der Waals surface area contributed by atoms with Crippen LogP contribution in [-0.4, -0.2) is 11.4 Å². The molecule has 1 atom stereocenters. The van der Waals surface area contributed by atoms with Gasteiger partial charge in [-0.15, -0.1) is 0 Å². The molecule has 0 spiro atoms. The van der Waals surface area contributed by atoms with Crippen molar-refractivity contribution < 1.29 is 9.32 Å². The molecule has 0 radical (unpaired) electrons. The van der Waals surface area contributed by atoms with E-state index in [1.807, 2.05) is 13.0 Å². The summed E-state index contributed by atoms with van der Waals surface area (Å²) in [5.74, 6) is 1.13. The van der Waals surface area contributed by atoms with E-state index in [0.29, 0.717) is 5.92 Å². The molecule has 0 bridgehead atoms. The fourth-order valence-corrected chi connectivity index (χ4v) is 1.31. The Balaban J connectivity index is 2.72.